The van der Waals surface area contributed by atoms with Crippen LogP contribution >= 0.6 is 0 Å². The number of nitrogens with one attached hydrogen (secondary N) is 1. The molecule has 19 heavy (non-hydrogen) atoms. The van der Waals surface area contributed by atoms with Crippen LogP contribution in [0.15, 0.2) is 48.9 Å². The molecule has 0 fully saturated rings. The topological polar surface area (TPSA) is 50.7 Å². The monoisotopic (exact) mass is 250 g/mol. The molecule has 0 unspecified atom stereocenters. The van der Waals surface area contributed by atoms with Crippen molar-refractivity contribution in [3.63, 3.8) is 0 Å². The first-order valence-corrected chi connectivity index (χ1v) is 6.18. The fraction of sp³-hybridized carbons (Fsp3) is 0.133. The minimum Gasteiger partial charge on any atom is -0.316 e. The van der Waals surface area contributed by atoms with E-state index < -0.39 is 0 Å². The van der Waals surface area contributed by atoms with Crippen LogP contribution in [0, 0.1) is 0 Å². The highest BCUT2D eigenvalue weighted by Crippen LogP contribution is 2.23. The molecule has 3 aromatic rings. The highest BCUT2D eigenvalue weighted by molar-refractivity contribution is 5.92. The Hall–Kier alpha value is -2.33. The van der Waals surface area contributed by atoms with Gasteiger partial charge < -0.3 is 5.32 Å². The third-order valence-corrected chi connectivity index (χ3v) is 2.97. The number of benzene rings is 1. The second-order valence-electron chi connectivity index (χ2n) is 4.33. The van der Waals surface area contributed by atoms with Gasteiger partial charge in [0.1, 0.15) is 5.69 Å². The van der Waals surface area contributed by atoms with Crippen molar-refractivity contribution in [2.24, 2.45) is 0 Å². The molecule has 4 nitrogen and oxygen atoms in total. The van der Waals surface area contributed by atoms with Crippen LogP contribution < -0.4 is 5.32 Å². The smallest absolute Gasteiger partial charge is 0.178 e. The van der Waals surface area contributed by atoms with Crippen LogP contribution in [-0.2, 0) is 6.54 Å². The van der Waals surface area contributed by atoms with E-state index in [0.717, 1.165) is 28.6 Å². The third-order valence-electron chi connectivity index (χ3n) is 2.97. The number of hydrogen-bond donors (Lipinski definition) is 1. The number of fused-ring (bicyclic) bond motifs is 1. The van der Waals surface area contributed by atoms with Crippen molar-refractivity contribution >= 4 is 10.8 Å². The highest BCUT2D eigenvalue weighted by Gasteiger charge is 2.07. The van der Waals surface area contributed by atoms with Gasteiger partial charge in [0.05, 0.1) is 0 Å². The predicted molar refractivity (Wildman–Crippen MR) is 75.5 cm³/mol. The number of rotatable bonds is 3. The fourth-order valence-corrected chi connectivity index (χ4v) is 2.07. The molecule has 0 radical (unpaired) electrons. The molecular formula is C15H14N4. The quantitative estimate of drug-likeness (QED) is 0.775. The van der Waals surface area contributed by atoms with Crippen LogP contribution in [0.4, 0.5) is 0 Å². The van der Waals surface area contributed by atoms with Crippen LogP contribution in [0.3, 0.4) is 0 Å². The average molecular weight is 250 g/mol. The fourth-order valence-electron chi connectivity index (χ4n) is 2.07. The minimum atomic E-state index is 0.664. The van der Waals surface area contributed by atoms with Crippen LogP contribution in [0.25, 0.3) is 22.3 Å². The Bertz CT molecular complexity index is 687. The van der Waals surface area contributed by atoms with E-state index in [9.17, 15) is 0 Å². The summed E-state index contributed by atoms with van der Waals surface area (Å²) in [5.41, 5.74) is 1.89. The Morgan fingerprint density at radius 2 is 1.79 bits per heavy atom. The van der Waals surface area contributed by atoms with Gasteiger partial charge >= 0.3 is 0 Å². The lowest BCUT2D eigenvalue weighted by Gasteiger charge is -2.05. The van der Waals surface area contributed by atoms with Crippen molar-refractivity contribution in [1.29, 1.82) is 0 Å². The van der Waals surface area contributed by atoms with Crippen molar-refractivity contribution in [3.8, 4) is 11.5 Å². The molecule has 4 heteroatoms. The van der Waals surface area contributed by atoms with E-state index in [1.165, 1.54) is 0 Å². The zero-order valence-electron chi connectivity index (χ0n) is 10.7. The van der Waals surface area contributed by atoms with E-state index >= 15 is 0 Å². The van der Waals surface area contributed by atoms with Crippen LogP contribution in [-0.4, -0.2) is 22.0 Å². The van der Waals surface area contributed by atoms with Crippen molar-refractivity contribution < 1.29 is 0 Å². The van der Waals surface area contributed by atoms with Crippen molar-refractivity contribution in [1.82, 2.24) is 20.3 Å². The lowest BCUT2D eigenvalue weighted by Crippen LogP contribution is -2.06. The molecule has 2 heterocycles. The third kappa shape index (κ3) is 2.30. The van der Waals surface area contributed by atoms with Crippen molar-refractivity contribution in [2.45, 2.75) is 6.54 Å². The molecule has 0 bridgehead atoms. The summed E-state index contributed by atoms with van der Waals surface area (Å²) in [5.74, 6) is 0.664. The molecule has 0 atom stereocenters. The molecule has 94 valence electrons. The maximum Gasteiger partial charge on any atom is 0.178 e. The second kappa shape index (κ2) is 5.12. The normalized spacial score (nSPS) is 10.8. The van der Waals surface area contributed by atoms with Gasteiger partial charge in [0.2, 0.25) is 0 Å². The standard InChI is InChI=1S/C15H14N4/c1-16-8-11-9-18-15(19-10-11)14-13-5-3-2-4-12(13)6-7-17-14/h2-7,9-10,16H,8H2,1H3. The zero-order chi connectivity index (χ0) is 13.1. The molecule has 0 saturated heterocycles. The summed E-state index contributed by atoms with van der Waals surface area (Å²) in [6, 6.07) is 10.1. The van der Waals surface area contributed by atoms with Crippen LogP contribution in [0.5, 0.6) is 0 Å². The molecule has 2 aromatic heterocycles. The predicted octanol–water partition coefficient (Wildman–Crippen LogP) is 2.41. The van der Waals surface area contributed by atoms with Gasteiger partial charge in [-0.05, 0) is 18.5 Å². The van der Waals surface area contributed by atoms with Crippen molar-refractivity contribution in [3.05, 3.63) is 54.5 Å². The minimum absolute atomic E-state index is 0.664. The van der Waals surface area contributed by atoms with Crippen molar-refractivity contribution in [2.75, 3.05) is 7.05 Å². The first-order valence-electron chi connectivity index (χ1n) is 6.18. The van der Waals surface area contributed by atoms with Gasteiger partial charge in [-0.2, -0.15) is 0 Å². The Labute approximate surface area is 111 Å². The molecule has 0 aliphatic rings. The van der Waals surface area contributed by atoms with Gasteiger partial charge in [-0.15, -0.1) is 0 Å². The number of nitrogens with zero attached hydrogens (tertiary/aromatic N) is 3. The van der Waals surface area contributed by atoms with Gasteiger partial charge in [0.25, 0.3) is 0 Å². The van der Waals surface area contributed by atoms with Gasteiger partial charge in [-0.3, -0.25) is 4.98 Å². The first kappa shape index (κ1) is 11.7. The SMILES string of the molecule is CNCc1cnc(-c2nccc3ccccc23)nc1. The van der Waals surface area contributed by atoms with Gasteiger partial charge in [-0.1, -0.05) is 24.3 Å². The van der Waals surface area contributed by atoms with E-state index in [4.69, 9.17) is 0 Å². The Kier molecular flexibility index (Phi) is 3.16. The molecule has 0 spiro atoms. The van der Waals surface area contributed by atoms with E-state index in [2.05, 4.69) is 26.3 Å². The lowest BCUT2D eigenvalue weighted by atomic mass is 10.1. The van der Waals surface area contributed by atoms with E-state index in [1.54, 1.807) is 6.20 Å². The molecule has 3 rings (SSSR count). The zero-order valence-corrected chi connectivity index (χ0v) is 10.7. The maximum atomic E-state index is 4.41. The Morgan fingerprint density at radius 3 is 2.58 bits per heavy atom. The van der Waals surface area contributed by atoms with E-state index in [1.807, 2.05) is 43.7 Å². The number of pyridine rings is 1. The Balaban J connectivity index is 2.08. The van der Waals surface area contributed by atoms with Crippen LogP contribution in [0.2, 0.25) is 0 Å². The summed E-state index contributed by atoms with van der Waals surface area (Å²) in [6.45, 7) is 0.767. The molecular weight excluding hydrogens is 236 g/mol. The highest BCUT2D eigenvalue weighted by atomic mass is 14.9. The van der Waals surface area contributed by atoms with Crippen LogP contribution in [0.1, 0.15) is 5.56 Å². The summed E-state index contributed by atoms with van der Waals surface area (Å²) < 4.78 is 0. The lowest BCUT2D eigenvalue weighted by molar-refractivity contribution is 0.807. The number of aromatic nitrogens is 3. The summed E-state index contributed by atoms with van der Waals surface area (Å²) in [7, 11) is 1.90. The molecule has 1 N–H and O–H groups in total. The molecule has 0 aliphatic heterocycles. The second-order valence-corrected chi connectivity index (χ2v) is 4.33. The molecule has 1 aromatic carbocycles. The Morgan fingerprint density at radius 1 is 1.00 bits per heavy atom. The largest absolute Gasteiger partial charge is 0.316 e. The first-order chi connectivity index (χ1) is 9.38. The molecule has 0 amide bonds. The van der Waals surface area contributed by atoms with Gasteiger partial charge in [0.15, 0.2) is 5.82 Å². The summed E-state index contributed by atoms with van der Waals surface area (Å²) in [4.78, 5) is 13.2. The summed E-state index contributed by atoms with van der Waals surface area (Å²) in [5, 5.41) is 5.30. The summed E-state index contributed by atoms with van der Waals surface area (Å²) in [6.07, 6.45) is 5.47. The number of hydrogen-bond acceptors (Lipinski definition) is 4. The van der Waals surface area contributed by atoms with E-state index in [-0.39, 0.29) is 0 Å². The summed E-state index contributed by atoms with van der Waals surface area (Å²) >= 11 is 0. The van der Waals surface area contributed by atoms with E-state index in [0.29, 0.717) is 5.82 Å². The molecule has 0 saturated carbocycles. The average Bonchev–Trinajstić information content (AvgIpc) is 2.48. The molecule has 0 aliphatic carbocycles. The maximum absolute atomic E-state index is 4.41. The van der Waals surface area contributed by atoms with Gasteiger partial charge in [0, 0.05) is 36.1 Å². The van der Waals surface area contributed by atoms with Gasteiger partial charge in [-0.25, -0.2) is 9.97 Å².